The molecule has 2 rings (SSSR count). The fraction of sp³-hybridized carbons (Fsp3) is 0.286. The Morgan fingerprint density at radius 2 is 2.17 bits per heavy atom. The highest BCUT2D eigenvalue weighted by molar-refractivity contribution is 7.09. The van der Waals surface area contributed by atoms with Gasteiger partial charge in [-0.1, -0.05) is 0 Å². The molecule has 5 nitrogen and oxygen atoms in total. The molecule has 0 radical (unpaired) electrons. The predicted octanol–water partition coefficient (Wildman–Crippen LogP) is 3.27. The molecule has 0 bridgehead atoms. The Morgan fingerprint density at radius 3 is 2.74 bits per heavy atom. The summed E-state index contributed by atoms with van der Waals surface area (Å²) in [5, 5.41) is 4.45. The molecule has 1 aromatic heterocycles. The number of nitrogens with one attached hydrogen (secondary N) is 1. The SMILES string of the molecule is CCOc1ccc(C(F)(F)F)cc1NC(=O)c1csc(CN)n1. The Balaban J connectivity index is 2.30. The van der Waals surface area contributed by atoms with E-state index in [0.29, 0.717) is 5.01 Å². The van der Waals surface area contributed by atoms with Crippen LogP contribution in [0.2, 0.25) is 0 Å². The summed E-state index contributed by atoms with van der Waals surface area (Å²) in [5.41, 5.74) is 4.57. The molecule has 0 saturated carbocycles. The Bertz CT molecular complexity index is 701. The predicted molar refractivity (Wildman–Crippen MR) is 80.6 cm³/mol. The van der Waals surface area contributed by atoms with Crippen molar-refractivity contribution in [3.05, 3.63) is 39.8 Å². The molecular weight excluding hydrogens is 331 g/mol. The maximum absolute atomic E-state index is 12.8. The van der Waals surface area contributed by atoms with Crippen molar-refractivity contribution in [1.82, 2.24) is 4.98 Å². The number of hydrogen-bond donors (Lipinski definition) is 2. The van der Waals surface area contributed by atoms with Crippen molar-refractivity contribution in [3.8, 4) is 5.75 Å². The standard InChI is InChI=1S/C14H14F3N3O2S/c1-2-22-11-4-3-8(14(15,16)17)5-9(11)20-13(21)10-7-23-12(6-18)19-10/h3-5,7H,2,6,18H2,1H3,(H,20,21). The quantitative estimate of drug-likeness (QED) is 0.872. The van der Waals surface area contributed by atoms with Crippen molar-refractivity contribution in [3.63, 3.8) is 0 Å². The van der Waals surface area contributed by atoms with Crippen LogP contribution in [0.5, 0.6) is 5.75 Å². The highest BCUT2D eigenvalue weighted by atomic mass is 32.1. The van der Waals surface area contributed by atoms with Gasteiger partial charge in [-0.15, -0.1) is 11.3 Å². The van der Waals surface area contributed by atoms with Crippen LogP contribution in [0, 0.1) is 0 Å². The molecule has 2 aromatic rings. The van der Waals surface area contributed by atoms with Gasteiger partial charge in [0.15, 0.2) is 0 Å². The topological polar surface area (TPSA) is 77.2 Å². The number of hydrogen-bond acceptors (Lipinski definition) is 5. The number of aromatic nitrogens is 1. The summed E-state index contributed by atoms with van der Waals surface area (Å²) in [6, 6.07) is 2.91. The van der Waals surface area contributed by atoms with E-state index < -0.39 is 17.6 Å². The highest BCUT2D eigenvalue weighted by Crippen LogP contribution is 2.35. The van der Waals surface area contributed by atoms with Crippen molar-refractivity contribution < 1.29 is 22.7 Å². The molecule has 0 fully saturated rings. The van der Waals surface area contributed by atoms with Crippen LogP contribution in [0.1, 0.15) is 28.0 Å². The number of thiazole rings is 1. The summed E-state index contributed by atoms with van der Waals surface area (Å²) in [6.07, 6.45) is -4.52. The number of rotatable bonds is 5. The molecule has 1 aromatic carbocycles. The molecule has 3 N–H and O–H groups in total. The van der Waals surface area contributed by atoms with Gasteiger partial charge in [0.1, 0.15) is 16.5 Å². The van der Waals surface area contributed by atoms with Crippen LogP contribution in [0.3, 0.4) is 0 Å². The molecule has 0 unspecified atom stereocenters. The van der Waals surface area contributed by atoms with E-state index >= 15 is 0 Å². The van der Waals surface area contributed by atoms with Gasteiger partial charge in [-0.3, -0.25) is 4.79 Å². The van der Waals surface area contributed by atoms with E-state index in [4.69, 9.17) is 10.5 Å². The number of ether oxygens (including phenoxy) is 1. The van der Waals surface area contributed by atoms with Crippen LogP contribution >= 0.6 is 11.3 Å². The minimum absolute atomic E-state index is 0.0611. The molecule has 0 aliphatic heterocycles. The number of carbonyl (C=O) groups excluding carboxylic acids is 1. The first-order chi connectivity index (χ1) is 10.8. The van der Waals surface area contributed by atoms with E-state index in [2.05, 4.69) is 10.3 Å². The minimum Gasteiger partial charge on any atom is -0.492 e. The fourth-order valence-corrected chi connectivity index (χ4v) is 2.44. The average Bonchev–Trinajstić information content (AvgIpc) is 2.97. The number of benzene rings is 1. The number of alkyl halides is 3. The van der Waals surface area contributed by atoms with E-state index in [9.17, 15) is 18.0 Å². The zero-order valence-electron chi connectivity index (χ0n) is 12.1. The molecule has 0 aliphatic rings. The highest BCUT2D eigenvalue weighted by Gasteiger charge is 2.31. The summed E-state index contributed by atoms with van der Waals surface area (Å²) in [4.78, 5) is 16.1. The summed E-state index contributed by atoms with van der Waals surface area (Å²) >= 11 is 1.20. The van der Waals surface area contributed by atoms with Crippen LogP contribution < -0.4 is 15.8 Å². The van der Waals surface area contributed by atoms with Crippen molar-refractivity contribution in [1.29, 1.82) is 0 Å². The first-order valence-corrected chi connectivity index (χ1v) is 7.53. The Labute approximate surface area is 134 Å². The lowest BCUT2D eigenvalue weighted by Gasteiger charge is -2.14. The molecular formula is C14H14F3N3O2S. The van der Waals surface area contributed by atoms with Gasteiger partial charge in [-0.2, -0.15) is 13.2 Å². The number of nitrogens with two attached hydrogens (primary N) is 1. The normalized spacial score (nSPS) is 11.3. The van der Waals surface area contributed by atoms with Gasteiger partial charge in [-0.05, 0) is 25.1 Å². The lowest BCUT2D eigenvalue weighted by molar-refractivity contribution is -0.137. The van der Waals surface area contributed by atoms with Gasteiger partial charge < -0.3 is 15.8 Å². The summed E-state index contributed by atoms with van der Waals surface area (Å²) in [5.74, 6) is -0.468. The monoisotopic (exact) mass is 345 g/mol. The number of halogens is 3. The number of anilines is 1. The lowest BCUT2D eigenvalue weighted by atomic mass is 10.1. The third-order valence-corrected chi connectivity index (χ3v) is 3.69. The smallest absolute Gasteiger partial charge is 0.416 e. The molecule has 0 aliphatic carbocycles. The number of carbonyl (C=O) groups is 1. The van der Waals surface area contributed by atoms with E-state index in [0.717, 1.165) is 12.1 Å². The summed E-state index contributed by atoms with van der Waals surface area (Å²) in [7, 11) is 0. The third kappa shape index (κ3) is 4.20. The van der Waals surface area contributed by atoms with Crippen molar-refractivity contribution >= 4 is 22.9 Å². The van der Waals surface area contributed by atoms with Gasteiger partial charge in [0.2, 0.25) is 0 Å². The van der Waals surface area contributed by atoms with Crippen LogP contribution in [0.25, 0.3) is 0 Å². The van der Waals surface area contributed by atoms with E-state index in [1.54, 1.807) is 6.92 Å². The van der Waals surface area contributed by atoms with Crippen LogP contribution in [-0.4, -0.2) is 17.5 Å². The molecule has 23 heavy (non-hydrogen) atoms. The largest absolute Gasteiger partial charge is 0.492 e. The molecule has 124 valence electrons. The van der Waals surface area contributed by atoms with Gasteiger partial charge in [0.05, 0.1) is 17.9 Å². The second-order valence-corrected chi connectivity index (χ2v) is 5.37. The molecule has 0 saturated heterocycles. The zero-order valence-corrected chi connectivity index (χ0v) is 12.9. The van der Waals surface area contributed by atoms with Gasteiger partial charge >= 0.3 is 6.18 Å². The van der Waals surface area contributed by atoms with Gasteiger partial charge in [0.25, 0.3) is 5.91 Å². The zero-order chi connectivity index (χ0) is 17.0. The van der Waals surface area contributed by atoms with Crippen molar-refractivity contribution in [2.24, 2.45) is 5.73 Å². The van der Waals surface area contributed by atoms with Crippen LogP contribution in [0.15, 0.2) is 23.6 Å². The fourth-order valence-electron chi connectivity index (χ4n) is 1.78. The first kappa shape index (κ1) is 17.2. The molecule has 9 heteroatoms. The first-order valence-electron chi connectivity index (χ1n) is 6.65. The Hall–Kier alpha value is -2.13. The lowest BCUT2D eigenvalue weighted by Crippen LogP contribution is -2.15. The maximum atomic E-state index is 12.8. The van der Waals surface area contributed by atoms with Crippen molar-refractivity contribution in [2.45, 2.75) is 19.6 Å². The van der Waals surface area contributed by atoms with Gasteiger partial charge in [-0.25, -0.2) is 4.98 Å². The number of amides is 1. The van der Waals surface area contributed by atoms with Crippen LogP contribution in [-0.2, 0) is 12.7 Å². The maximum Gasteiger partial charge on any atom is 0.416 e. The minimum atomic E-state index is -4.52. The Kier molecular flexibility index (Phi) is 5.22. The van der Waals surface area contributed by atoms with Crippen LogP contribution in [0.4, 0.5) is 18.9 Å². The molecule has 1 amide bonds. The number of nitrogens with zero attached hydrogens (tertiary/aromatic N) is 1. The van der Waals surface area contributed by atoms with Crippen molar-refractivity contribution in [2.75, 3.05) is 11.9 Å². The molecule has 0 spiro atoms. The summed E-state index contributed by atoms with van der Waals surface area (Å²) in [6.45, 7) is 2.13. The van der Waals surface area contributed by atoms with E-state index in [1.807, 2.05) is 0 Å². The Morgan fingerprint density at radius 1 is 1.43 bits per heavy atom. The summed E-state index contributed by atoms with van der Waals surface area (Å²) < 4.78 is 43.7. The second kappa shape index (κ2) is 6.97. The molecule has 0 atom stereocenters. The van der Waals surface area contributed by atoms with E-state index in [-0.39, 0.29) is 30.3 Å². The third-order valence-electron chi connectivity index (χ3n) is 2.81. The van der Waals surface area contributed by atoms with Gasteiger partial charge in [0, 0.05) is 11.9 Å². The van der Waals surface area contributed by atoms with E-state index in [1.165, 1.54) is 22.8 Å². The second-order valence-electron chi connectivity index (χ2n) is 4.43. The molecule has 1 heterocycles. The average molecular weight is 345 g/mol.